The molecule has 2 heterocycles. The van der Waals surface area contributed by atoms with E-state index in [2.05, 4.69) is 11.9 Å². The number of carbonyl (C=O) groups excluding carboxylic acids is 1. The number of methoxy groups -OCH3 is 1. The van der Waals surface area contributed by atoms with Crippen LogP contribution in [0.4, 0.5) is 11.4 Å². The van der Waals surface area contributed by atoms with Crippen LogP contribution < -0.4 is 4.90 Å². The van der Waals surface area contributed by atoms with Gasteiger partial charge in [-0.15, -0.1) is 0 Å². The molecule has 1 fully saturated rings. The molecule has 0 bridgehead atoms. The molecule has 1 aliphatic rings. The summed E-state index contributed by atoms with van der Waals surface area (Å²) >= 11 is 0. The third-order valence-electron chi connectivity index (χ3n) is 4.76. The van der Waals surface area contributed by atoms with Gasteiger partial charge >= 0.3 is 5.97 Å². The minimum absolute atomic E-state index is 0.00779. The summed E-state index contributed by atoms with van der Waals surface area (Å²) in [6.45, 7) is 3.47. The van der Waals surface area contributed by atoms with Gasteiger partial charge in [-0.05, 0) is 24.5 Å². The van der Waals surface area contributed by atoms with Crippen molar-refractivity contribution < 1.29 is 14.5 Å². The minimum Gasteiger partial charge on any atom is -0.465 e. The average Bonchev–Trinajstić information content (AvgIpc) is 3.15. The maximum atomic E-state index is 11.8. The first-order valence-electron chi connectivity index (χ1n) is 8.10. The molecule has 132 valence electrons. The smallest absolute Gasteiger partial charge is 0.337 e. The van der Waals surface area contributed by atoms with Crippen molar-refractivity contribution in [2.45, 2.75) is 19.4 Å². The number of benzene rings is 1. The third-order valence-corrected chi connectivity index (χ3v) is 4.76. The second-order valence-corrected chi connectivity index (χ2v) is 6.24. The molecule has 1 aromatic carbocycles. The Morgan fingerprint density at radius 2 is 2.24 bits per heavy atom. The number of imidazole rings is 1. The summed E-state index contributed by atoms with van der Waals surface area (Å²) < 4.78 is 6.77. The van der Waals surface area contributed by atoms with Crippen molar-refractivity contribution in [3.63, 3.8) is 0 Å². The van der Waals surface area contributed by atoms with Crippen LogP contribution in [0, 0.1) is 16.0 Å². The van der Waals surface area contributed by atoms with Crippen molar-refractivity contribution in [1.29, 1.82) is 0 Å². The van der Waals surface area contributed by atoms with E-state index in [-0.39, 0.29) is 11.7 Å². The van der Waals surface area contributed by atoms with E-state index < -0.39 is 10.9 Å². The van der Waals surface area contributed by atoms with Gasteiger partial charge < -0.3 is 14.2 Å². The number of anilines is 1. The van der Waals surface area contributed by atoms with Crippen molar-refractivity contribution in [2.75, 3.05) is 25.1 Å². The van der Waals surface area contributed by atoms with Gasteiger partial charge in [0.1, 0.15) is 5.69 Å². The molecule has 0 N–H and O–H groups in total. The lowest BCUT2D eigenvalue weighted by molar-refractivity contribution is -0.384. The molecule has 1 aliphatic heterocycles. The van der Waals surface area contributed by atoms with Crippen LogP contribution >= 0.6 is 0 Å². The molecule has 2 atom stereocenters. The number of piperidine rings is 1. The maximum Gasteiger partial charge on any atom is 0.337 e. The van der Waals surface area contributed by atoms with Crippen LogP contribution in [-0.2, 0) is 4.74 Å². The molecule has 0 saturated carbocycles. The molecule has 1 aromatic heterocycles. The largest absolute Gasteiger partial charge is 0.465 e. The summed E-state index contributed by atoms with van der Waals surface area (Å²) in [7, 11) is 1.29. The zero-order valence-electron chi connectivity index (χ0n) is 14.2. The zero-order valence-corrected chi connectivity index (χ0v) is 14.2. The molecule has 1 saturated heterocycles. The number of nitrogens with zero attached hydrogens (tertiary/aromatic N) is 4. The number of hydrogen-bond donors (Lipinski definition) is 0. The number of esters is 1. The predicted molar refractivity (Wildman–Crippen MR) is 91.7 cm³/mol. The summed E-state index contributed by atoms with van der Waals surface area (Å²) in [6.07, 6.45) is 6.29. The van der Waals surface area contributed by atoms with Gasteiger partial charge in [0.05, 0.1) is 30.0 Å². The Morgan fingerprint density at radius 3 is 2.88 bits per heavy atom. The summed E-state index contributed by atoms with van der Waals surface area (Å²) in [5, 5.41) is 11.4. The number of aromatic nitrogens is 2. The van der Waals surface area contributed by atoms with Gasteiger partial charge in [0.2, 0.25) is 0 Å². The van der Waals surface area contributed by atoms with Crippen LogP contribution in [-0.4, -0.2) is 40.6 Å². The van der Waals surface area contributed by atoms with E-state index in [0.717, 1.165) is 6.42 Å². The van der Waals surface area contributed by atoms with Crippen LogP contribution in [0.2, 0.25) is 0 Å². The van der Waals surface area contributed by atoms with Crippen molar-refractivity contribution in [3.8, 4) is 0 Å². The normalized spacial score (nSPS) is 20.3. The van der Waals surface area contributed by atoms with Gasteiger partial charge in [-0.25, -0.2) is 9.78 Å². The number of hydrogen-bond acceptors (Lipinski definition) is 6. The number of ether oxygens (including phenoxy) is 1. The fourth-order valence-corrected chi connectivity index (χ4v) is 3.30. The van der Waals surface area contributed by atoms with Crippen molar-refractivity contribution >= 4 is 17.3 Å². The molecule has 0 radical (unpaired) electrons. The third kappa shape index (κ3) is 3.33. The molecule has 8 nitrogen and oxygen atoms in total. The highest BCUT2D eigenvalue weighted by Gasteiger charge is 2.31. The number of carbonyl (C=O) groups is 1. The Hall–Kier alpha value is -2.90. The summed E-state index contributed by atoms with van der Waals surface area (Å²) in [4.78, 5) is 28.9. The highest BCUT2D eigenvalue weighted by molar-refractivity contribution is 5.91. The first-order valence-corrected chi connectivity index (χ1v) is 8.10. The van der Waals surface area contributed by atoms with Gasteiger partial charge in [0.25, 0.3) is 5.69 Å². The highest BCUT2D eigenvalue weighted by atomic mass is 16.6. The van der Waals surface area contributed by atoms with Gasteiger partial charge in [0.15, 0.2) is 0 Å². The summed E-state index contributed by atoms with van der Waals surface area (Å²) in [6, 6.07) is 4.50. The molecule has 0 spiro atoms. The lowest BCUT2D eigenvalue weighted by Gasteiger charge is -2.38. The first-order chi connectivity index (χ1) is 12.0. The van der Waals surface area contributed by atoms with Crippen LogP contribution in [0.5, 0.6) is 0 Å². The van der Waals surface area contributed by atoms with E-state index >= 15 is 0 Å². The molecule has 2 aromatic rings. The predicted octanol–water partition coefficient (Wildman–Crippen LogP) is 2.67. The standard InChI is InChI=1S/C17H20N4O4/c1-12-5-7-19(10-16(12)20-8-6-18-11-20)15-9-13(17(22)25-2)3-4-14(15)21(23)24/h3-4,6,8-9,11-12,16H,5,7,10H2,1-2H3/t12-,16-/m1/s1. The Kier molecular flexibility index (Phi) is 4.69. The number of rotatable bonds is 4. The quantitative estimate of drug-likeness (QED) is 0.481. The zero-order chi connectivity index (χ0) is 18.0. The van der Waals surface area contributed by atoms with Gasteiger partial charge in [-0.3, -0.25) is 10.1 Å². The molecule has 0 amide bonds. The number of nitro groups is 1. The highest BCUT2D eigenvalue weighted by Crippen LogP contribution is 2.35. The Morgan fingerprint density at radius 1 is 1.44 bits per heavy atom. The fraction of sp³-hybridized carbons (Fsp3) is 0.412. The molecule has 3 rings (SSSR count). The van der Waals surface area contributed by atoms with Crippen LogP contribution in [0.3, 0.4) is 0 Å². The fourth-order valence-electron chi connectivity index (χ4n) is 3.30. The second kappa shape index (κ2) is 6.92. The Labute approximate surface area is 145 Å². The molecule has 25 heavy (non-hydrogen) atoms. The van der Waals surface area contributed by atoms with Crippen molar-refractivity contribution in [2.24, 2.45) is 5.92 Å². The lowest BCUT2D eigenvalue weighted by Crippen LogP contribution is -2.40. The first kappa shape index (κ1) is 16.9. The van der Waals surface area contributed by atoms with E-state index in [1.807, 2.05) is 15.7 Å². The van der Waals surface area contributed by atoms with E-state index in [1.54, 1.807) is 18.6 Å². The molecule has 0 aliphatic carbocycles. The van der Waals surface area contributed by atoms with E-state index in [0.29, 0.717) is 30.3 Å². The summed E-state index contributed by atoms with van der Waals surface area (Å²) in [5.41, 5.74) is 0.748. The molecule has 8 heteroatoms. The van der Waals surface area contributed by atoms with E-state index in [9.17, 15) is 14.9 Å². The van der Waals surface area contributed by atoms with E-state index in [4.69, 9.17) is 4.74 Å². The lowest BCUT2D eigenvalue weighted by atomic mass is 9.92. The average molecular weight is 344 g/mol. The molecular formula is C17H20N4O4. The topological polar surface area (TPSA) is 90.5 Å². The monoisotopic (exact) mass is 344 g/mol. The van der Waals surface area contributed by atoms with Crippen LogP contribution in [0.1, 0.15) is 29.7 Å². The van der Waals surface area contributed by atoms with Crippen LogP contribution in [0.25, 0.3) is 0 Å². The van der Waals surface area contributed by atoms with E-state index in [1.165, 1.54) is 19.2 Å². The SMILES string of the molecule is COC(=O)c1ccc([N+](=O)[O-])c(N2CC[C@@H](C)[C@H](n3ccnc3)C2)c1. The van der Waals surface area contributed by atoms with Crippen LogP contribution in [0.15, 0.2) is 36.9 Å². The Bertz CT molecular complexity index is 775. The van der Waals surface area contributed by atoms with Crippen molar-refractivity contribution in [1.82, 2.24) is 9.55 Å². The minimum atomic E-state index is -0.507. The maximum absolute atomic E-state index is 11.8. The second-order valence-electron chi connectivity index (χ2n) is 6.24. The molecular weight excluding hydrogens is 324 g/mol. The number of nitro benzene ring substituents is 1. The summed E-state index contributed by atoms with van der Waals surface area (Å²) in [5.74, 6) is -0.0824. The van der Waals surface area contributed by atoms with Gasteiger partial charge in [-0.1, -0.05) is 6.92 Å². The van der Waals surface area contributed by atoms with Crippen molar-refractivity contribution in [3.05, 3.63) is 52.6 Å². The van der Waals surface area contributed by atoms with Gasteiger partial charge in [0, 0.05) is 31.5 Å². The van der Waals surface area contributed by atoms with Gasteiger partial charge in [-0.2, -0.15) is 0 Å². The Balaban J connectivity index is 1.96. The molecule has 0 unspecified atom stereocenters.